The van der Waals surface area contributed by atoms with Crippen LogP contribution in [0.5, 0.6) is 5.75 Å². The van der Waals surface area contributed by atoms with Crippen LogP contribution in [0.1, 0.15) is 18.1 Å². The van der Waals surface area contributed by atoms with Crippen LogP contribution in [0.15, 0.2) is 36.4 Å². The van der Waals surface area contributed by atoms with Crippen LogP contribution in [-0.2, 0) is 11.2 Å². The molecule has 0 unspecified atom stereocenters. The molecule has 0 aromatic heterocycles. The van der Waals surface area contributed by atoms with Gasteiger partial charge in [-0.1, -0.05) is 17.7 Å². The van der Waals surface area contributed by atoms with Crippen LogP contribution in [0.4, 0.5) is 13.6 Å². The van der Waals surface area contributed by atoms with Crippen molar-refractivity contribution >= 4 is 17.7 Å². The maximum atomic E-state index is 13.2. The molecule has 1 amide bonds. The first kappa shape index (κ1) is 19.0. The van der Waals surface area contributed by atoms with Gasteiger partial charge < -0.3 is 14.8 Å². The molecule has 2 aromatic rings. The van der Waals surface area contributed by atoms with Gasteiger partial charge >= 0.3 is 6.09 Å². The third-order valence-electron chi connectivity index (χ3n) is 3.23. The van der Waals surface area contributed by atoms with E-state index in [4.69, 9.17) is 21.1 Å². The SMILES string of the molecule is CCOC(=O)NCCOc1ccc(Cc2cc(F)cc(F)c2)cc1Cl. The molecule has 0 atom stereocenters. The van der Waals surface area contributed by atoms with E-state index in [-0.39, 0.29) is 13.2 Å². The largest absolute Gasteiger partial charge is 0.490 e. The van der Waals surface area contributed by atoms with Crippen molar-refractivity contribution in [1.29, 1.82) is 0 Å². The highest BCUT2D eigenvalue weighted by Crippen LogP contribution is 2.26. The molecule has 0 heterocycles. The Bertz CT molecular complexity index is 720. The molecule has 0 saturated heterocycles. The van der Waals surface area contributed by atoms with Crippen LogP contribution in [0, 0.1) is 11.6 Å². The van der Waals surface area contributed by atoms with Crippen LogP contribution < -0.4 is 10.1 Å². The van der Waals surface area contributed by atoms with Gasteiger partial charge in [-0.2, -0.15) is 0 Å². The quantitative estimate of drug-likeness (QED) is 0.739. The van der Waals surface area contributed by atoms with Crippen molar-refractivity contribution in [3.8, 4) is 5.75 Å². The van der Waals surface area contributed by atoms with Crippen molar-refractivity contribution in [1.82, 2.24) is 5.32 Å². The van der Waals surface area contributed by atoms with E-state index in [1.54, 1.807) is 25.1 Å². The number of ether oxygens (including phenoxy) is 2. The summed E-state index contributed by atoms with van der Waals surface area (Å²) in [5.41, 5.74) is 1.31. The molecule has 0 saturated carbocycles. The number of carbonyl (C=O) groups is 1. The molecule has 1 N–H and O–H groups in total. The molecule has 7 heteroatoms. The van der Waals surface area contributed by atoms with Crippen LogP contribution in [0.25, 0.3) is 0 Å². The first-order valence-corrected chi connectivity index (χ1v) is 8.12. The van der Waals surface area contributed by atoms with Gasteiger partial charge in [0.25, 0.3) is 0 Å². The molecule has 0 aliphatic heterocycles. The zero-order valence-corrected chi connectivity index (χ0v) is 14.4. The summed E-state index contributed by atoms with van der Waals surface area (Å²) in [5.74, 6) is -0.771. The Labute approximate surface area is 149 Å². The lowest BCUT2D eigenvalue weighted by atomic mass is 10.0. The second kappa shape index (κ2) is 9.22. The maximum absolute atomic E-state index is 13.2. The van der Waals surface area contributed by atoms with E-state index in [1.165, 1.54) is 12.1 Å². The fourth-order valence-electron chi connectivity index (χ4n) is 2.22. The number of halogens is 3. The second-order valence-electron chi connectivity index (χ2n) is 5.21. The van der Waals surface area contributed by atoms with Crippen molar-refractivity contribution in [3.63, 3.8) is 0 Å². The first-order valence-electron chi connectivity index (χ1n) is 7.74. The van der Waals surface area contributed by atoms with Crippen molar-refractivity contribution in [2.45, 2.75) is 13.3 Å². The maximum Gasteiger partial charge on any atom is 0.407 e. The van der Waals surface area contributed by atoms with Gasteiger partial charge in [0.1, 0.15) is 24.0 Å². The van der Waals surface area contributed by atoms with Crippen LogP contribution in [-0.4, -0.2) is 25.9 Å². The minimum atomic E-state index is -0.616. The lowest BCUT2D eigenvalue weighted by molar-refractivity contribution is 0.150. The van der Waals surface area contributed by atoms with E-state index in [2.05, 4.69) is 5.32 Å². The van der Waals surface area contributed by atoms with Crippen molar-refractivity contribution in [2.75, 3.05) is 19.8 Å². The van der Waals surface area contributed by atoms with Crippen molar-refractivity contribution in [3.05, 3.63) is 64.2 Å². The van der Waals surface area contributed by atoms with Crippen LogP contribution >= 0.6 is 11.6 Å². The lowest BCUT2D eigenvalue weighted by Crippen LogP contribution is -2.28. The van der Waals surface area contributed by atoms with Gasteiger partial charge in [-0.25, -0.2) is 13.6 Å². The third-order valence-corrected chi connectivity index (χ3v) is 3.53. The molecule has 0 radical (unpaired) electrons. The summed E-state index contributed by atoms with van der Waals surface area (Å²) < 4.78 is 36.7. The standard InChI is InChI=1S/C18H18ClF2NO3/c1-2-24-18(23)22-5-6-25-17-4-3-12(10-16(17)19)7-13-8-14(20)11-15(21)9-13/h3-4,8-11H,2,5-7H2,1H3,(H,22,23). The highest BCUT2D eigenvalue weighted by atomic mass is 35.5. The van der Waals surface area contributed by atoms with Crippen molar-refractivity contribution < 1.29 is 23.0 Å². The van der Waals surface area contributed by atoms with Crippen molar-refractivity contribution in [2.24, 2.45) is 0 Å². The smallest absolute Gasteiger partial charge is 0.407 e. The molecule has 134 valence electrons. The average Bonchev–Trinajstić information content (AvgIpc) is 2.52. The van der Waals surface area contributed by atoms with Gasteiger partial charge in [-0.3, -0.25) is 0 Å². The minimum Gasteiger partial charge on any atom is -0.490 e. The summed E-state index contributed by atoms with van der Waals surface area (Å²) in [6.07, 6.45) is -0.158. The van der Waals surface area contributed by atoms with E-state index in [0.717, 1.165) is 11.6 Å². The Morgan fingerprint density at radius 1 is 1.12 bits per heavy atom. The zero-order chi connectivity index (χ0) is 18.2. The molecule has 0 fully saturated rings. The summed E-state index contributed by atoms with van der Waals surface area (Å²) >= 11 is 6.16. The van der Waals surface area contributed by atoms with Gasteiger partial charge in [0.05, 0.1) is 18.2 Å². The monoisotopic (exact) mass is 369 g/mol. The van der Waals surface area contributed by atoms with E-state index >= 15 is 0 Å². The number of alkyl carbamates (subject to hydrolysis) is 1. The summed E-state index contributed by atoms with van der Waals surface area (Å²) in [5, 5.41) is 2.91. The predicted molar refractivity (Wildman–Crippen MR) is 91.1 cm³/mol. The predicted octanol–water partition coefficient (Wildman–Crippen LogP) is 4.33. The van der Waals surface area contributed by atoms with Gasteiger partial charge in [-0.05, 0) is 48.7 Å². The third kappa shape index (κ3) is 6.23. The highest BCUT2D eigenvalue weighted by Gasteiger charge is 2.07. The molecule has 0 bridgehead atoms. The Balaban J connectivity index is 1.90. The lowest BCUT2D eigenvalue weighted by Gasteiger charge is -2.10. The Hall–Kier alpha value is -2.34. The number of rotatable bonds is 7. The summed E-state index contributed by atoms with van der Waals surface area (Å²) in [7, 11) is 0. The molecule has 25 heavy (non-hydrogen) atoms. The molecule has 4 nitrogen and oxygen atoms in total. The van der Waals surface area contributed by atoms with Gasteiger partial charge in [0, 0.05) is 6.07 Å². The van der Waals surface area contributed by atoms with E-state index < -0.39 is 17.7 Å². The number of hydrogen-bond acceptors (Lipinski definition) is 3. The van der Waals surface area contributed by atoms with Crippen LogP contribution in [0.2, 0.25) is 5.02 Å². The summed E-state index contributed by atoms with van der Waals surface area (Å²) in [6.45, 7) is 2.53. The molecule has 2 rings (SSSR count). The molecule has 0 aliphatic carbocycles. The molecular weight excluding hydrogens is 352 g/mol. The Morgan fingerprint density at radius 2 is 1.84 bits per heavy atom. The molecule has 0 spiro atoms. The Kier molecular flexibility index (Phi) is 7.01. The number of carbonyl (C=O) groups excluding carboxylic acids is 1. The topological polar surface area (TPSA) is 47.6 Å². The average molecular weight is 370 g/mol. The fraction of sp³-hybridized carbons (Fsp3) is 0.278. The molecule has 2 aromatic carbocycles. The van der Waals surface area contributed by atoms with E-state index in [9.17, 15) is 13.6 Å². The van der Waals surface area contributed by atoms with Gasteiger partial charge in [-0.15, -0.1) is 0 Å². The van der Waals surface area contributed by atoms with Crippen LogP contribution in [0.3, 0.4) is 0 Å². The van der Waals surface area contributed by atoms with Gasteiger partial charge in [0.2, 0.25) is 0 Å². The van der Waals surface area contributed by atoms with E-state index in [1.807, 2.05) is 0 Å². The number of nitrogens with one attached hydrogen (secondary N) is 1. The van der Waals surface area contributed by atoms with Gasteiger partial charge in [0.15, 0.2) is 0 Å². The first-order chi connectivity index (χ1) is 12.0. The number of benzene rings is 2. The molecule has 0 aliphatic rings. The summed E-state index contributed by atoms with van der Waals surface area (Å²) in [6, 6.07) is 8.52. The Morgan fingerprint density at radius 3 is 2.48 bits per heavy atom. The fourth-order valence-corrected chi connectivity index (χ4v) is 2.47. The number of amides is 1. The molecular formula is C18H18ClF2NO3. The summed E-state index contributed by atoms with van der Waals surface area (Å²) in [4.78, 5) is 11.1. The van der Waals surface area contributed by atoms with E-state index in [0.29, 0.717) is 29.4 Å². The highest BCUT2D eigenvalue weighted by molar-refractivity contribution is 6.32. The zero-order valence-electron chi connectivity index (χ0n) is 13.7. The minimum absolute atomic E-state index is 0.229. The number of hydrogen-bond donors (Lipinski definition) is 1. The normalized spacial score (nSPS) is 10.4. The second-order valence-corrected chi connectivity index (χ2v) is 5.62.